The Morgan fingerprint density at radius 3 is 2.04 bits per heavy atom. The number of hydrogen-bond donors (Lipinski definition) is 2. The fourth-order valence-electron chi connectivity index (χ4n) is 5.36. The Morgan fingerprint density at radius 1 is 1.00 bits per heavy atom. The van der Waals surface area contributed by atoms with Gasteiger partial charge in [-0.15, -0.1) is 0 Å². The van der Waals surface area contributed by atoms with E-state index >= 15 is 0 Å². The number of hydrogen-bond acceptors (Lipinski definition) is 4. The Morgan fingerprint density at radius 2 is 1.56 bits per heavy atom. The quantitative estimate of drug-likeness (QED) is 0.236. The molecule has 0 spiro atoms. The maximum Gasteiger partial charge on any atom is 0.123 e. The molecule has 2 N–H and O–H groups in total. The number of aryl methyl sites for hydroxylation is 1. The largest absolute Gasteiger partial charge is 0.507 e. The van der Waals surface area contributed by atoms with Crippen LogP contribution < -0.4 is 5.32 Å². The summed E-state index contributed by atoms with van der Waals surface area (Å²) >= 11 is 0. The molecular weight excluding hydrogens is 552 g/mol. The van der Waals surface area contributed by atoms with Crippen molar-refractivity contribution in [3.8, 4) is 5.75 Å². The number of allylic oxidation sites excluding steroid dienone is 8. The zero-order chi connectivity index (χ0) is 34.9. The normalized spacial score (nSPS) is 17.9. The van der Waals surface area contributed by atoms with Crippen molar-refractivity contribution >= 4 is 17.7 Å². The predicted octanol–water partition coefficient (Wildman–Crippen LogP) is 12.2. The molecule has 0 radical (unpaired) electrons. The van der Waals surface area contributed by atoms with Crippen molar-refractivity contribution in [1.29, 1.82) is 0 Å². The zero-order valence-electron chi connectivity index (χ0n) is 31.1. The van der Waals surface area contributed by atoms with Crippen molar-refractivity contribution in [2.24, 2.45) is 16.8 Å². The second-order valence-corrected chi connectivity index (χ2v) is 11.1. The molecule has 2 aliphatic rings. The van der Waals surface area contributed by atoms with Gasteiger partial charge in [-0.2, -0.15) is 0 Å². The van der Waals surface area contributed by atoms with Crippen LogP contribution in [-0.4, -0.2) is 17.2 Å². The molecular formula is C41H66N2O2. The van der Waals surface area contributed by atoms with Gasteiger partial charge < -0.3 is 15.2 Å². The molecule has 252 valence electrons. The number of aromatic hydroxyl groups is 1. The summed E-state index contributed by atoms with van der Waals surface area (Å²) in [4.78, 5) is 13.5. The Kier molecular flexibility index (Phi) is 25.1. The van der Waals surface area contributed by atoms with Crippen LogP contribution in [0.1, 0.15) is 133 Å². The highest BCUT2D eigenvalue weighted by atomic mass is 16.3. The molecule has 1 aliphatic heterocycles. The van der Waals surface area contributed by atoms with Crippen LogP contribution in [0, 0.1) is 18.8 Å². The Balaban J connectivity index is 0. The van der Waals surface area contributed by atoms with Crippen molar-refractivity contribution in [1.82, 2.24) is 5.32 Å². The van der Waals surface area contributed by atoms with Gasteiger partial charge in [0.1, 0.15) is 17.9 Å². The lowest BCUT2D eigenvalue weighted by Gasteiger charge is -2.14. The minimum Gasteiger partial charge on any atom is -0.507 e. The second-order valence-electron chi connectivity index (χ2n) is 11.1. The van der Waals surface area contributed by atoms with E-state index in [9.17, 15) is 5.11 Å². The third-order valence-electron chi connectivity index (χ3n) is 8.06. The monoisotopic (exact) mass is 619 g/mol. The van der Waals surface area contributed by atoms with Crippen molar-refractivity contribution in [2.75, 3.05) is 0 Å². The summed E-state index contributed by atoms with van der Waals surface area (Å²) in [5.74, 6) is 3.33. The first-order chi connectivity index (χ1) is 21.5. The van der Waals surface area contributed by atoms with Crippen LogP contribution in [0.4, 0.5) is 0 Å². The zero-order valence-corrected chi connectivity index (χ0v) is 31.1. The van der Waals surface area contributed by atoms with E-state index in [2.05, 4.69) is 63.7 Å². The highest BCUT2D eigenvalue weighted by molar-refractivity contribution is 5.88. The van der Waals surface area contributed by atoms with Gasteiger partial charge in [0.25, 0.3) is 0 Å². The van der Waals surface area contributed by atoms with Gasteiger partial charge in [-0.05, 0) is 101 Å². The lowest BCUT2D eigenvalue weighted by molar-refractivity contribution is -0.106. The van der Waals surface area contributed by atoms with Gasteiger partial charge in [0.2, 0.25) is 0 Å². The fraction of sp³-hybridized carbons (Fsp3) is 0.512. The van der Waals surface area contributed by atoms with Crippen molar-refractivity contribution < 1.29 is 9.90 Å². The summed E-state index contributed by atoms with van der Waals surface area (Å²) in [7, 11) is 0. The van der Waals surface area contributed by atoms with Gasteiger partial charge in [-0.3, -0.25) is 0 Å². The molecule has 0 aromatic heterocycles. The van der Waals surface area contributed by atoms with Crippen LogP contribution in [0.25, 0.3) is 5.57 Å². The average molecular weight is 619 g/mol. The highest BCUT2D eigenvalue weighted by Crippen LogP contribution is 2.35. The molecule has 3 rings (SSSR count). The van der Waals surface area contributed by atoms with E-state index in [-0.39, 0.29) is 0 Å². The summed E-state index contributed by atoms with van der Waals surface area (Å²) in [5.41, 5.74) is 8.43. The molecule has 2 atom stereocenters. The van der Waals surface area contributed by atoms with Gasteiger partial charge in [0, 0.05) is 23.9 Å². The van der Waals surface area contributed by atoms with Gasteiger partial charge in [0.15, 0.2) is 0 Å². The van der Waals surface area contributed by atoms with Crippen molar-refractivity contribution in [2.45, 2.75) is 129 Å². The Hall–Kier alpha value is -3.40. The third kappa shape index (κ3) is 16.5. The number of nitrogens with zero attached hydrogens (tertiary/aromatic N) is 1. The van der Waals surface area contributed by atoms with Crippen LogP contribution in [0.3, 0.4) is 0 Å². The molecule has 1 fully saturated rings. The van der Waals surface area contributed by atoms with Crippen LogP contribution in [0.5, 0.6) is 5.75 Å². The number of nitrogens with one attached hydrogen (secondary N) is 1. The van der Waals surface area contributed by atoms with E-state index < -0.39 is 0 Å². The number of aldehydes is 1. The summed E-state index contributed by atoms with van der Waals surface area (Å²) < 4.78 is 0. The summed E-state index contributed by atoms with van der Waals surface area (Å²) in [6.07, 6.45) is 18.9. The summed E-state index contributed by atoms with van der Waals surface area (Å²) in [6.45, 7) is 30.5. The van der Waals surface area contributed by atoms with E-state index in [1.165, 1.54) is 55.7 Å². The molecule has 0 saturated heterocycles. The van der Waals surface area contributed by atoms with Crippen LogP contribution in [-0.2, 0) is 4.79 Å². The lowest BCUT2D eigenvalue weighted by Crippen LogP contribution is -2.21. The van der Waals surface area contributed by atoms with Crippen LogP contribution in [0.2, 0.25) is 0 Å². The maximum atomic E-state index is 10.3. The van der Waals surface area contributed by atoms with E-state index in [1.54, 1.807) is 6.07 Å². The number of phenolic OH excluding ortho intramolecular Hbond substituents is 1. The number of carbonyl (C=O) groups is 1. The van der Waals surface area contributed by atoms with Gasteiger partial charge in [0.05, 0.1) is 0 Å². The van der Waals surface area contributed by atoms with Crippen molar-refractivity contribution in [3.63, 3.8) is 0 Å². The maximum absolute atomic E-state index is 10.3. The number of aliphatic imine (C=N–C) groups is 1. The second kappa shape index (κ2) is 25.9. The molecule has 0 bridgehead atoms. The first-order valence-corrected chi connectivity index (χ1v) is 17.1. The van der Waals surface area contributed by atoms with E-state index in [1.807, 2.05) is 79.0 Å². The first-order valence-electron chi connectivity index (χ1n) is 17.1. The fourth-order valence-corrected chi connectivity index (χ4v) is 5.36. The minimum atomic E-state index is 0.302. The minimum absolute atomic E-state index is 0.302. The van der Waals surface area contributed by atoms with Crippen LogP contribution in [0.15, 0.2) is 88.3 Å². The number of benzene rings is 1. The topological polar surface area (TPSA) is 61.7 Å². The third-order valence-corrected chi connectivity index (χ3v) is 8.06. The highest BCUT2D eigenvalue weighted by Gasteiger charge is 2.23. The molecule has 1 saturated carbocycles. The molecule has 1 heterocycles. The Labute approximate surface area is 277 Å². The van der Waals surface area contributed by atoms with Gasteiger partial charge in [-0.1, -0.05) is 116 Å². The number of carbonyl (C=O) groups excluding carboxylic acids is 1. The first kappa shape index (κ1) is 43.7. The number of amidine groups is 1. The molecule has 1 aromatic carbocycles. The van der Waals surface area contributed by atoms with Crippen LogP contribution >= 0.6 is 0 Å². The SMILES string of the molecule is C=C(/C=C\C(C)=C/C)NC1=NC=C(/C=C(\C)c2c(C)cccc2O)C(C)=C(C)C1.CC.CC.CC=O.CCC1CCC[C@H]1CC. The van der Waals surface area contributed by atoms with Gasteiger partial charge in [-0.25, -0.2) is 4.99 Å². The summed E-state index contributed by atoms with van der Waals surface area (Å²) in [6, 6.07) is 5.60. The van der Waals surface area contributed by atoms with E-state index in [0.717, 1.165) is 58.3 Å². The van der Waals surface area contributed by atoms with Gasteiger partial charge >= 0.3 is 0 Å². The molecule has 1 aliphatic carbocycles. The van der Waals surface area contributed by atoms with E-state index in [0.29, 0.717) is 5.75 Å². The molecule has 1 aromatic rings. The van der Waals surface area contributed by atoms with Crippen molar-refractivity contribution in [3.05, 3.63) is 94.4 Å². The molecule has 0 amide bonds. The number of phenols is 1. The number of rotatable bonds is 7. The smallest absolute Gasteiger partial charge is 0.123 e. The Bertz CT molecular complexity index is 1180. The average Bonchev–Trinajstić information content (AvgIpc) is 3.47. The molecule has 4 nitrogen and oxygen atoms in total. The lowest BCUT2D eigenvalue weighted by atomic mass is 9.92. The van der Waals surface area contributed by atoms with E-state index in [4.69, 9.17) is 4.79 Å². The molecule has 1 unspecified atom stereocenters. The molecule has 45 heavy (non-hydrogen) atoms. The summed E-state index contributed by atoms with van der Waals surface area (Å²) in [5, 5.41) is 13.6. The standard InChI is InChI=1S/C26H32N2O.C9H18.C2H4O.2C2H6/c1-8-17(2)12-13-21(6)28-25-15-19(4)22(7)23(16-27-25)14-20(5)26-18(3)10-9-11-24(26)29;1-3-8-6-5-7-9(8)4-2;1-2-3;2*1-2/h8-14,16,29H,6,15H2,1-5,7H3,(H,27,28);8-9H,3-7H2,1-2H3;2H,1H3;2*1-2H3/b13-12-,17-8-,20-14+;;;;/t;8-,9?;;;/m.1.../s1. The molecule has 4 heteroatoms. The predicted molar refractivity (Wildman–Crippen MR) is 202 cm³/mol.